The number of ketones is 1. The van der Waals surface area contributed by atoms with E-state index in [9.17, 15) is 22.8 Å². The van der Waals surface area contributed by atoms with Crippen molar-refractivity contribution >= 4 is 23.2 Å². The molecule has 1 amide bonds. The number of carbonyl (C=O) groups is 2. The van der Waals surface area contributed by atoms with Crippen LogP contribution in [0.4, 0.5) is 19.0 Å². The number of rotatable bonds is 9. The third-order valence-electron chi connectivity index (χ3n) is 8.59. The summed E-state index contributed by atoms with van der Waals surface area (Å²) in [4.78, 5) is 34.5. The third kappa shape index (κ3) is 6.87. The summed E-state index contributed by atoms with van der Waals surface area (Å²) in [6.07, 6.45) is 0.947. The van der Waals surface area contributed by atoms with Crippen LogP contribution in [0, 0.1) is 12.8 Å². The Kier molecular flexibility index (Phi) is 8.30. The zero-order chi connectivity index (χ0) is 31.0. The molecule has 1 aliphatic heterocycles. The third-order valence-corrected chi connectivity index (χ3v) is 8.59. The van der Waals surface area contributed by atoms with Gasteiger partial charge >= 0.3 is 6.18 Å². The molecule has 0 spiro atoms. The summed E-state index contributed by atoms with van der Waals surface area (Å²) in [5, 5.41) is 2.87. The number of imidazole rings is 1. The molecule has 4 aromatic rings. The van der Waals surface area contributed by atoms with Crippen molar-refractivity contribution in [1.82, 2.24) is 19.2 Å². The number of piperazine rings is 1. The van der Waals surface area contributed by atoms with Gasteiger partial charge in [-0.1, -0.05) is 25.1 Å². The molecule has 7 nitrogen and oxygen atoms in total. The maximum atomic E-state index is 13.9. The van der Waals surface area contributed by atoms with Crippen LogP contribution in [0.3, 0.4) is 0 Å². The first kappa shape index (κ1) is 30.0. The number of anilines is 1. The number of carbonyl (C=O) groups excluding carboxylic acids is 2. The number of Topliss-reactive ketones (excluding diaryl/α,β-unsaturated/α-hetero) is 1. The van der Waals surface area contributed by atoms with Crippen molar-refractivity contribution in [3.8, 4) is 11.1 Å². The minimum Gasteiger partial charge on any atom is -0.309 e. The molecule has 2 fully saturated rings. The first-order valence-electron chi connectivity index (χ1n) is 15.1. The fraction of sp³-hybridized carbons (Fsp3) is 0.382. The molecule has 0 unspecified atom stereocenters. The largest absolute Gasteiger partial charge is 0.416 e. The zero-order valence-corrected chi connectivity index (χ0v) is 25.0. The van der Waals surface area contributed by atoms with Crippen molar-refractivity contribution in [1.29, 1.82) is 0 Å². The molecule has 1 saturated carbocycles. The van der Waals surface area contributed by atoms with Crippen LogP contribution in [0.5, 0.6) is 0 Å². The van der Waals surface area contributed by atoms with Gasteiger partial charge in [0, 0.05) is 56.8 Å². The van der Waals surface area contributed by atoms with Gasteiger partial charge in [0.1, 0.15) is 5.65 Å². The van der Waals surface area contributed by atoms with Gasteiger partial charge in [-0.3, -0.25) is 14.5 Å². The summed E-state index contributed by atoms with van der Waals surface area (Å²) in [7, 11) is 0. The number of nitrogens with one attached hydrogen (secondary N) is 1. The number of hydrogen-bond donors (Lipinski definition) is 1. The van der Waals surface area contributed by atoms with Gasteiger partial charge in [0.2, 0.25) is 5.91 Å². The molecule has 0 atom stereocenters. The number of pyridine rings is 1. The Labute approximate surface area is 254 Å². The van der Waals surface area contributed by atoms with Crippen LogP contribution in [0.15, 0.2) is 60.9 Å². The van der Waals surface area contributed by atoms with Crippen LogP contribution < -0.4 is 5.32 Å². The SMILES string of the molecule is CCN1CCN(Cc2cc(C(=O)Cc3ccc(C)c(-c4ccc5nc(NC(=O)C6CC6)cn5c4)c3)cc(C(F)(F)F)c2)CC1. The smallest absolute Gasteiger partial charge is 0.309 e. The molecule has 0 radical (unpaired) electrons. The van der Waals surface area contributed by atoms with E-state index in [4.69, 9.17) is 0 Å². The topological polar surface area (TPSA) is 69.9 Å². The second-order valence-electron chi connectivity index (χ2n) is 11.9. The number of aryl methyl sites for hydroxylation is 1. The predicted octanol–water partition coefficient (Wildman–Crippen LogP) is 6.24. The monoisotopic (exact) mass is 603 g/mol. The van der Waals surface area contributed by atoms with Gasteiger partial charge < -0.3 is 14.6 Å². The van der Waals surface area contributed by atoms with E-state index in [-0.39, 0.29) is 29.6 Å². The van der Waals surface area contributed by atoms with Crippen molar-refractivity contribution in [2.75, 3.05) is 38.0 Å². The maximum absolute atomic E-state index is 13.9. The Hall–Kier alpha value is -4.02. The first-order chi connectivity index (χ1) is 21.1. The highest BCUT2D eigenvalue weighted by Crippen LogP contribution is 2.33. The average Bonchev–Trinajstić information content (AvgIpc) is 3.78. The fourth-order valence-corrected chi connectivity index (χ4v) is 5.79. The molecule has 2 aromatic carbocycles. The lowest BCUT2D eigenvalue weighted by molar-refractivity contribution is -0.137. The van der Waals surface area contributed by atoms with Gasteiger partial charge in [-0.05, 0) is 84.5 Å². The number of halogens is 3. The van der Waals surface area contributed by atoms with Gasteiger partial charge in [-0.2, -0.15) is 13.2 Å². The number of alkyl halides is 3. The van der Waals surface area contributed by atoms with E-state index < -0.39 is 11.7 Å². The number of amides is 1. The molecule has 1 aliphatic carbocycles. The number of nitrogens with zero attached hydrogens (tertiary/aromatic N) is 4. The summed E-state index contributed by atoms with van der Waals surface area (Å²) < 4.78 is 43.4. The van der Waals surface area contributed by atoms with Gasteiger partial charge in [0.25, 0.3) is 0 Å². The lowest BCUT2D eigenvalue weighted by Gasteiger charge is -2.34. The van der Waals surface area contributed by atoms with Crippen LogP contribution in [0.2, 0.25) is 0 Å². The number of fused-ring (bicyclic) bond motifs is 1. The molecule has 44 heavy (non-hydrogen) atoms. The van der Waals surface area contributed by atoms with Crippen LogP contribution in [-0.4, -0.2) is 63.6 Å². The molecular weight excluding hydrogens is 567 g/mol. The van der Waals surface area contributed by atoms with Crippen molar-refractivity contribution in [2.45, 2.75) is 45.8 Å². The number of hydrogen-bond acceptors (Lipinski definition) is 5. The van der Waals surface area contributed by atoms with Gasteiger partial charge in [0.05, 0.1) is 11.8 Å². The van der Waals surface area contributed by atoms with E-state index in [0.29, 0.717) is 29.1 Å². The summed E-state index contributed by atoms with van der Waals surface area (Å²) in [6, 6.07) is 13.2. The quantitative estimate of drug-likeness (QED) is 0.230. The minimum atomic E-state index is -4.55. The van der Waals surface area contributed by atoms with Crippen molar-refractivity contribution < 1.29 is 22.8 Å². The van der Waals surface area contributed by atoms with Crippen LogP contribution in [0.1, 0.15) is 52.4 Å². The summed E-state index contributed by atoms with van der Waals surface area (Å²) in [6.45, 7) is 8.71. The van der Waals surface area contributed by atoms with Gasteiger partial charge in [0.15, 0.2) is 11.6 Å². The van der Waals surface area contributed by atoms with E-state index in [1.54, 1.807) is 12.3 Å². The summed E-state index contributed by atoms with van der Waals surface area (Å²) in [5.41, 5.74) is 3.98. The number of benzene rings is 2. The van der Waals surface area contributed by atoms with E-state index in [0.717, 1.165) is 68.3 Å². The Bertz CT molecular complexity index is 1700. The maximum Gasteiger partial charge on any atom is 0.416 e. The number of aromatic nitrogens is 2. The fourth-order valence-electron chi connectivity index (χ4n) is 5.79. The lowest BCUT2D eigenvalue weighted by atomic mass is 9.94. The van der Waals surface area contributed by atoms with Crippen LogP contribution in [0.25, 0.3) is 16.8 Å². The first-order valence-corrected chi connectivity index (χ1v) is 15.1. The molecule has 10 heteroatoms. The highest BCUT2D eigenvalue weighted by molar-refractivity contribution is 5.98. The molecule has 3 heterocycles. The second kappa shape index (κ2) is 12.2. The second-order valence-corrected chi connectivity index (χ2v) is 11.9. The molecule has 2 aliphatic rings. The number of likely N-dealkylation sites (N-methyl/N-ethyl adjacent to an activating group) is 1. The standard InChI is InChI=1S/C34H36F3N5O2/c1-3-40-10-12-41(13-11-40)19-24-14-27(18-28(15-24)34(35,36)37)30(43)17-23-5-4-22(2)29(16-23)26-8-9-32-38-31(21-42(32)20-26)39-33(44)25-6-7-25/h4-5,8-9,14-16,18,20-21,25H,3,6-7,10-13,17,19H2,1-2H3,(H,39,44). The van der Waals surface area contributed by atoms with E-state index in [1.165, 1.54) is 6.07 Å². The summed E-state index contributed by atoms with van der Waals surface area (Å²) in [5.74, 6) is 0.208. The molecule has 2 aromatic heterocycles. The van der Waals surface area contributed by atoms with Crippen LogP contribution in [-0.2, 0) is 23.9 Å². The highest BCUT2D eigenvalue weighted by atomic mass is 19.4. The van der Waals surface area contributed by atoms with Gasteiger partial charge in [-0.15, -0.1) is 0 Å². The van der Waals surface area contributed by atoms with Crippen molar-refractivity contribution in [3.63, 3.8) is 0 Å². The Morgan fingerprint density at radius 3 is 2.39 bits per heavy atom. The Morgan fingerprint density at radius 2 is 1.68 bits per heavy atom. The normalized spacial score (nSPS) is 16.4. The summed E-state index contributed by atoms with van der Waals surface area (Å²) >= 11 is 0. The van der Waals surface area contributed by atoms with E-state index in [1.807, 2.05) is 47.9 Å². The Balaban J connectivity index is 1.21. The van der Waals surface area contributed by atoms with Crippen molar-refractivity contribution in [2.24, 2.45) is 5.92 Å². The highest BCUT2D eigenvalue weighted by Gasteiger charge is 2.32. The van der Waals surface area contributed by atoms with Crippen LogP contribution >= 0.6 is 0 Å². The van der Waals surface area contributed by atoms with Crippen molar-refractivity contribution in [3.05, 3.63) is 88.7 Å². The molecule has 0 bridgehead atoms. The molecule has 1 N–H and O–H groups in total. The lowest BCUT2D eigenvalue weighted by Crippen LogP contribution is -2.45. The van der Waals surface area contributed by atoms with E-state index in [2.05, 4.69) is 27.0 Å². The molecular formula is C34H36F3N5O2. The average molecular weight is 604 g/mol. The molecule has 230 valence electrons. The van der Waals surface area contributed by atoms with Gasteiger partial charge in [-0.25, -0.2) is 4.98 Å². The van der Waals surface area contributed by atoms with E-state index >= 15 is 0 Å². The predicted molar refractivity (Wildman–Crippen MR) is 164 cm³/mol. The minimum absolute atomic E-state index is 0.00968. The Morgan fingerprint density at radius 1 is 0.932 bits per heavy atom. The zero-order valence-electron chi connectivity index (χ0n) is 25.0. The molecule has 1 saturated heterocycles. The molecule has 6 rings (SSSR count).